The van der Waals surface area contributed by atoms with Gasteiger partial charge in [0.05, 0.1) is 6.10 Å². The Hall–Kier alpha value is -1.10. The fraction of sp³-hybridized carbons (Fsp3) is 0.867. The van der Waals surface area contributed by atoms with Crippen molar-refractivity contribution in [3.05, 3.63) is 0 Å². The molecule has 0 aromatic heterocycles. The van der Waals surface area contributed by atoms with E-state index in [1.165, 1.54) is 0 Å². The Balaban J connectivity index is 2.23. The first-order valence-corrected chi connectivity index (χ1v) is 7.63. The number of ether oxygens (including phenoxy) is 1. The number of hydrogen-bond donors (Lipinski definition) is 1. The normalized spacial score (nSPS) is 34.8. The first-order chi connectivity index (χ1) is 9.39. The van der Waals surface area contributed by atoms with Crippen LogP contribution in [0.3, 0.4) is 0 Å². The Labute approximate surface area is 121 Å². The van der Waals surface area contributed by atoms with Crippen LogP contribution < -0.4 is 5.32 Å². The molecule has 2 heterocycles. The first kappa shape index (κ1) is 15.3. The van der Waals surface area contributed by atoms with Crippen molar-refractivity contribution in [1.82, 2.24) is 10.2 Å². The van der Waals surface area contributed by atoms with Crippen LogP contribution in [-0.2, 0) is 14.3 Å². The number of rotatable bonds is 4. The highest BCUT2D eigenvalue weighted by atomic mass is 16.5. The van der Waals surface area contributed by atoms with Gasteiger partial charge in [-0.25, -0.2) is 0 Å². The van der Waals surface area contributed by atoms with Crippen LogP contribution in [-0.4, -0.2) is 47.6 Å². The third-order valence-electron chi connectivity index (χ3n) is 4.50. The summed E-state index contributed by atoms with van der Waals surface area (Å²) >= 11 is 0. The molecule has 0 radical (unpaired) electrons. The molecular weight excluding hydrogens is 256 g/mol. The Morgan fingerprint density at radius 3 is 2.65 bits per heavy atom. The van der Waals surface area contributed by atoms with Crippen LogP contribution in [0.25, 0.3) is 0 Å². The van der Waals surface area contributed by atoms with Crippen LogP contribution in [0.15, 0.2) is 0 Å². The molecular formula is C15H26N2O3. The minimum atomic E-state index is -0.777. The number of hydrogen-bond acceptors (Lipinski definition) is 3. The van der Waals surface area contributed by atoms with E-state index in [4.69, 9.17) is 4.74 Å². The quantitative estimate of drug-likeness (QED) is 0.846. The van der Waals surface area contributed by atoms with Gasteiger partial charge in [-0.1, -0.05) is 20.8 Å². The largest absolute Gasteiger partial charge is 0.376 e. The van der Waals surface area contributed by atoms with Crippen LogP contribution in [0.2, 0.25) is 0 Å². The molecule has 2 rings (SSSR count). The minimum absolute atomic E-state index is 0.0220. The minimum Gasteiger partial charge on any atom is -0.376 e. The number of piperazine rings is 1. The molecule has 2 fully saturated rings. The van der Waals surface area contributed by atoms with E-state index in [1.807, 2.05) is 27.7 Å². The molecule has 114 valence electrons. The topological polar surface area (TPSA) is 58.6 Å². The van der Waals surface area contributed by atoms with Crippen molar-refractivity contribution in [2.45, 2.75) is 64.6 Å². The second-order valence-corrected chi connectivity index (χ2v) is 6.46. The van der Waals surface area contributed by atoms with Crippen molar-refractivity contribution < 1.29 is 14.3 Å². The molecule has 1 N–H and O–H groups in total. The van der Waals surface area contributed by atoms with E-state index in [-0.39, 0.29) is 29.9 Å². The summed E-state index contributed by atoms with van der Waals surface area (Å²) < 4.78 is 5.64. The van der Waals surface area contributed by atoms with Crippen LogP contribution in [0.4, 0.5) is 0 Å². The maximum Gasteiger partial charge on any atom is 0.248 e. The van der Waals surface area contributed by atoms with Gasteiger partial charge in [-0.15, -0.1) is 0 Å². The van der Waals surface area contributed by atoms with Crippen molar-refractivity contribution >= 4 is 11.8 Å². The Morgan fingerprint density at radius 1 is 1.45 bits per heavy atom. The van der Waals surface area contributed by atoms with Crippen LogP contribution in [0.1, 0.15) is 47.0 Å². The van der Waals surface area contributed by atoms with Gasteiger partial charge in [0, 0.05) is 13.2 Å². The maximum absolute atomic E-state index is 12.8. The lowest BCUT2D eigenvalue weighted by Gasteiger charge is -2.46. The SMILES string of the molecule is CCC1(C)NC(=O)C(C(C)C)N(CC2CCCO2)C1=O. The molecule has 5 heteroatoms. The molecule has 0 aromatic carbocycles. The third-order valence-corrected chi connectivity index (χ3v) is 4.50. The van der Waals surface area contributed by atoms with Crippen molar-refractivity contribution in [2.75, 3.05) is 13.2 Å². The Bertz CT molecular complexity index is 391. The standard InChI is InChI=1S/C15H26N2O3/c1-5-15(4)14(19)17(9-11-7-6-8-20-11)12(10(2)3)13(18)16-15/h10-12H,5-9H2,1-4H3,(H,16,18). The molecule has 3 atom stereocenters. The molecule has 2 saturated heterocycles. The molecule has 0 aliphatic carbocycles. The van der Waals surface area contributed by atoms with E-state index in [1.54, 1.807) is 4.90 Å². The predicted molar refractivity (Wildman–Crippen MR) is 76.2 cm³/mol. The summed E-state index contributed by atoms with van der Waals surface area (Å²) in [5.74, 6) is 0.0810. The van der Waals surface area contributed by atoms with Gasteiger partial charge in [-0.2, -0.15) is 0 Å². The Morgan fingerprint density at radius 2 is 2.15 bits per heavy atom. The summed E-state index contributed by atoms with van der Waals surface area (Å²) in [5, 5.41) is 2.91. The van der Waals surface area contributed by atoms with Crippen LogP contribution in [0.5, 0.6) is 0 Å². The van der Waals surface area contributed by atoms with Crippen molar-refractivity contribution in [1.29, 1.82) is 0 Å². The molecule has 5 nitrogen and oxygen atoms in total. The van der Waals surface area contributed by atoms with E-state index in [0.29, 0.717) is 13.0 Å². The zero-order chi connectivity index (χ0) is 14.9. The number of nitrogens with zero attached hydrogens (tertiary/aromatic N) is 1. The van der Waals surface area contributed by atoms with Gasteiger partial charge in [0.2, 0.25) is 11.8 Å². The van der Waals surface area contributed by atoms with Gasteiger partial charge in [0.25, 0.3) is 0 Å². The van der Waals surface area contributed by atoms with E-state index >= 15 is 0 Å². The molecule has 20 heavy (non-hydrogen) atoms. The molecule has 3 unspecified atom stereocenters. The van der Waals surface area contributed by atoms with Gasteiger partial charge in [-0.3, -0.25) is 9.59 Å². The fourth-order valence-electron chi connectivity index (χ4n) is 3.09. The fourth-order valence-corrected chi connectivity index (χ4v) is 3.09. The van der Waals surface area contributed by atoms with Gasteiger partial charge in [-0.05, 0) is 32.1 Å². The summed E-state index contributed by atoms with van der Waals surface area (Å²) in [6, 6.07) is -0.383. The second-order valence-electron chi connectivity index (χ2n) is 6.46. The van der Waals surface area contributed by atoms with Gasteiger partial charge in [0.15, 0.2) is 0 Å². The molecule has 0 spiro atoms. The van der Waals surface area contributed by atoms with Gasteiger partial charge in [0.1, 0.15) is 11.6 Å². The summed E-state index contributed by atoms with van der Waals surface area (Å²) in [5.41, 5.74) is -0.777. The van der Waals surface area contributed by atoms with E-state index in [0.717, 1.165) is 19.4 Å². The molecule has 2 aliphatic rings. The second kappa shape index (κ2) is 5.72. The van der Waals surface area contributed by atoms with Crippen LogP contribution in [0, 0.1) is 5.92 Å². The summed E-state index contributed by atoms with van der Waals surface area (Å²) in [4.78, 5) is 26.9. The summed E-state index contributed by atoms with van der Waals surface area (Å²) in [6.07, 6.45) is 2.69. The van der Waals surface area contributed by atoms with Crippen molar-refractivity contribution in [3.8, 4) is 0 Å². The number of carbonyl (C=O) groups excluding carboxylic acids is 2. The lowest BCUT2D eigenvalue weighted by atomic mass is 9.88. The van der Waals surface area contributed by atoms with Crippen LogP contribution >= 0.6 is 0 Å². The zero-order valence-electron chi connectivity index (χ0n) is 12.9. The van der Waals surface area contributed by atoms with Gasteiger partial charge >= 0.3 is 0 Å². The van der Waals surface area contributed by atoms with E-state index in [9.17, 15) is 9.59 Å². The monoisotopic (exact) mass is 282 g/mol. The van der Waals surface area contributed by atoms with E-state index < -0.39 is 5.54 Å². The smallest absolute Gasteiger partial charge is 0.248 e. The van der Waals surface area contributed by atoms with Crippen molar-refractivity contribution in [3.63, 3.8) is 0 Å². The number of amides is 2. The maximum atomic E-state index is 12.8. The molecule has 2 aliphatic heterocycles. The average Bonchev–Trinajstić information content (AvgIpc) is 2.88. The molecule has 0 aromatic rings. The Kier molecular flexibility index (Phi) is 4.37. The van der Waals surface area contributed by atoms with Crippen molar-refractivity contribution in [2.24, 2.45) is 5.92 Å². The lowest BCUT2D eigenvalue weighted by Crippen LogP contribution is -2.70. The lowest BCUT2D eigenvalue weighted by molar-refractivity contribution is -0.158. The first-order valence-electron chi connectivity index (χ1n) is 7.63. The third kappa shape index (κ3) is 2.68. The number of nitrogens with one attached hydrogen (secondary N) is 1. The highest BCUT2D eigenvalue weighted by Gasteiger charge is 2.48. The average molecular weight is 282 g/mol. The highest BCUT2D eigenvalue weighted by molar-refractivity contribution is 5.99. The van der Waals surface area contributed by atoms with E-state index in [2.05, 4.69) is 5.32 Å². The number of carbonyl (C=O) groups is 2. The zero-order valence-corrected chi connectivity index (χ0v) is 12.9. The van der Waals surface area contributed by atoms with Gasteiger partial charge < -0.3 is 15.0 Å². The highest BCUT2D eigenvalue weighted by Crippen LogP contribution is 2.27. The molecule has 0 bridgehead atoms. The summed E-state index contributed by atoms with van der Waals surface area (Å²) in [7, 11) is 0. The molecule has 2 amide bonds. The summed E-state index contributed by atoms with van der Waals surface area (Å²) in [6.45, 7) is 8.99. The predicted octanol–water partition coefficient (Wildman–Crippen LogP) is 1.32. The molecule has 0 saturated carbocycles.